The first kappa shape index (κ1) is 21.6. The van der Waals surface area contributed by atoms with Gasteiger partial charge < -0.3 is 0 Å². The summed E-state index contributed by atoms with van der Waals surface area (Å²) in [5, 5.41) is 9.84. The number of hydrogen-bond donors (Lipinski definition) is 3. The second-order valence-electron chi connectivity index (χ2n) is 10.7. The fraction of sp³-hybridized carbons (Fsp3) is 1.00. The average Bonchev–Trinajstić information content (AvgIpc) is 3.56. The van der Waals surface area contributed by atoms with Crippen LogP contribution in [0, 0.1) is 40.9 Å². The first-order valence-electron chi connectivity index (χ1n) is 11.4. The minimum atomic E-state index is -4.05. The molecular weight excluding hydrogens is 510 g/mol. The molecule has 2 nitrogen and oxygen atoms in total. The number of aliphatic hydroxyl groups is 1. The van der Waals surface area contributed by atoms with Crippen LogP contribution >= 0.6 is 12.6 Å². The third-order valence-corrected chi connectivity index (χ3v) is 15.3. The Morgan fingerprint density at radius 2 is 2.03 bits per heavy atom. The van der Waals surface area contributed by atoms with Gasteiger partial charge in [-0.15, -0.1) is 0 Å². The molecule has 0 amide bonds. The van der Waals surface area contributed by atoms with Crippen molar-refractivity contribution in [3.8, 4) is 0 Å². The fourth-order valence-corrected chi connectivity index (χ4v) is 13.4. The number of alkyl halides is 5. The molecule has 0 aromatic carbocycles. The van der Waals surface area contributed by atoms with E-state index in [9.17, 15) is 18.3 Å². The Labute approximate surface area is 188 Å². The molecule has 6 unspecified atom stereocenters. The van der Waals surface area contributed by atoms with Crippen molar-refractivity contribution in [1.82, 2.24) is 0 Å². The van der Waals surface area contributed by atoms with Crippen LogP contribution in [0.2, 0.25) is 0 Å². The van der Waals surface area contributed by atoms with Gasteiger partial charge in [-0.3, -0.25) is 0 Å². The van der Waals surface area contributed by atoms with E-state index in [1.807, 2.05) is 0 Å². The van der Waals surface area contributed by atoms with Gasteiger partial charge in [0, 0.05) is 0 Å². The summed E-state index contributed by atoms with van der Waals surface area (Å²) in [6.07, 6.45) is 2.15. The van der Waals surface area contributed by atoms with Crippen LogP contribution in [0.3, 0.4) is 0 Å². The van der Waals surface area contributed by atoms with E-state index in [2.05, 4.69) is 6.92 Å². The first-order valence-corrected chi connectivity index (χ1v) is 14.1. The SMILES string of the molecule is C[C@H]1[C@H]2CCCCC3(CC(F)(F)F)[I-][C@H]3CC(CN)C3CC3(CCO)C3C2[C@]31S. The van der Waals surface area contributed by atoms with Gasteiger partial charge in [-0.2, -0.15) is 0 Å². The molecule has 29 heavy (non-hydrogen) atoms. The van der Waals surface area contributed by atoms with Crippen LogP contribution in [-0.4, -0.2) is 36.5 Å². The van der Waals surface area contributed by atoms with Gasteiger partial charge in [0.2, 0.25) is 0 Å². The number of halogens is 4. The standard InChI is InChI=1S/C22H34F3INOS/c1-12-14-4-2-3-5-20(11-21(23,24)25)16(26-20)8-13(10-27)15-9-19(15,6-7-28)18-17(14)22(12,18)29/h12-18,28-29H,2-11,27H2,1H3/q-1/t12-,13?,14+,15?,16-,17?,18?,19?,20?,22-/m0/s1. The third kappa shape index (κ3) is 3.17. The molecule has 1 aliphatic heterocycles. The molecule has 4 saturated carbocycles. The van der Waals surface area contributed by atoms with E-state index < -0.39 is 16.0 Å². The van der Waals surface area contributed by atoms with E-state index in [0.29, 0.717) is 42.1 Å². The Bertz CT molecular complexity index is 679. The number of thiol groups is 1. The molecule has 5 aliphatic rings. The van der Waals surface area contributed by atoms with Crippen LogP contribution < -0.4 is 26.9 Å². The van der Waals surface area contributed by atoms with Crippen LogP contribution in [0.15, 0.2) is 0 Å². The van der Waals surface area contributed by atoms with Gasteiger partial charge in [-0.25, -0.2) is 0 Å². The molecule has 1 saturated heterocycles. The Morgan fingerprint density at radius 3 is 2.69 bits per heavy atom. The zero-order chi connectivity index (χ0) is 20.8. The molecule has 5 fully saturated rings. The zero-order valence-electron chi connectivity index (χ0n) is 17.1. The molecule has 4 aliphatic carbocycles. The molecule has 1 heterocycles. The quantitative estimate of drug-likeness (QED) is 0.284. The van der Waals surface area contributed by atoms with Crippen molar-refractivity contribution < 1.29 is 39.5 Å². The zero-order valence-corrected chi connectivity index (χ0v) is 20.1. The van der Waals surface area contributed by atoms with E-state index in [-0.39, 0.29) is 41.9 Å². The molecule has 0 radical (unpaired) electrons. The van der Waals surface area contributed by atoms with Crippen LogP contribution in [-0.2, 0) is 0 Å². The van der Waals surface area contributed by atoms with Crippen LogP contribution in [0.1, 0.15) is 58.3 Å². The Morgan fingerprint density at radius 1 is 1.28 bits per heavy atom. The number of rotatable bonds is 4. The second-order valence-corrected chi connectivity index (χ2v) is 15.8. The van der Waals surface area contributed by atoms with Crippen molar-refractivity contribution in [3.63, 3.8) is 0 Å². The number of aliphatic hydroxyl groups excluding tert-OH is 1. The maximum absolute atomic E-state index is 13.3. The molecule has 10 atom stereocenters. The molecule has 0 aromatic heterocycles. The molecule has 5 rings (SSSR count). The van der Waals surface area contributed by atoms with Gasteiger partial charge in [0.1, 0.15) is 0 Å². The summed E-state index contributed by atoms with van der Waals surface area (Å²) in [5.41, 5.74) is 6.37. The van der Waals surface area contributed by atoms with E-state index in [0.717, 1.165) is 44.9 Å². The molecule has 168 valence electrons. The van der Waals surface area contributed by atoms with E-state index in [1.165, 1.54) is 0 Å². The van der Waals surface area contributed by atoms with Crippen molar-refractivity contribution in [3.05, 3.63) is 0 Å². The van der Waals surface area contributed by atoms with Crippen LogP contribution in [0.4, 0.5) is 13.2 Å². The molecule has 0 spiro atoms. The van der Waals surface area contributed by atoms with Gasteiger partial charge in [-0.05, 0) is 0 Å². The monoisotopic (exact) mass is 544 g/mol. The Kier molecular flexibility index (Phi) is 5.14. The van der Waals surface area contributed by atoms with E-state index >= 15 is 0 Å². The van der Waals surface area contributed by atoms with E-state index in [1.54, 1.807) is 0 Å². The Balaban J connectivity index is 1.40. The predicted octanol–water partition coefficient (Wildman–Crippen LogP) is 1.26. The summed E-state index contributed by atoms with van der Waals surface area (Å²) in [7, 11) is 0. The number of fused-ring (bicyclic) bond motifs is 4. The topological polar surface area (TPSA) is 46.2 Å². The summed E-state index contributed by atoms with van der Waals surface area (Å²) >= 11 is 4.78. The van der Waals surface area contributed by atoms with Crippen molar-refractivity contribution in [2.45, 2.75) is 76.6 Å². The number of hydrogen-bond acceptors (Lipinski definition) is 3. The molecule has 0 aromatic rings. The van der Waals surface area contributed by atoms with Gasteiger partial charge in [0.05, 0.1) is 0 Å². The van der Waals surface area contributed by atoms with Gasteiger partial charge in [0.25, 0.3) is 0 Å². The van der Waals surface area contributed by atoms with Crippen molar-refractivity contribution >= 4 is 12.6 Å². The van der Waals surface area contributed by atoms with Crippen LogP contribution in [0.5, 0.6) is 0 Å². The van der Waals surface area contributed by atoms with Crippen molar-refractivity contribution in [2.75, 3.05) is 13.2 Å². The van der Waals surface area contributed by atoms with Gasteiger partial charge in [0.15, 0.2) is 0 Å². The van der Waals surface area contributed by atoms with E-state index in [4.69, 9.17) is 18.4 Å². The normalized spacial score (nSPS) is 56.0. The summed E-state index contributed by atoms with van der Waals surface area (Å²) in [6, 6.07) is 0. The second kappa shape index (κ2) is 6.89. The maximum atomic E-state index is 13.3. The number of nitrogens with two attached hydrogens (primary N) is 1. The first-order chi connectivity index (χ1) is 13.6. The molecule has 0 bridgehead atoms. The van der Waals surface area contributed by atoms with Crippen molar-refractivity contribution in [2.24, 2.45) is 46.7 Å². The Hall–Kier alpha value is 0.790. The van der Waals surface area contributed by atoms with Crippen molar-refractivity contribution in [1.29, 1.82) is 0 Å². The summed E-state index contributed by atoms with van der Waals surface area (Å²) in [4.78, 5) is 0. The molecule has 3 N–H and O–H groups in total. The predicted molar refractivity (Wildman–Crippen MR) is 106 cm³/mol. The van der Waals surface area contributed by atoms with Gasteiger partial charge >= 0.3 is 188 Å². The summed E-state index contributed by atoms with van der Waals surface area (Å²) in [6.45, 7) is 3.11. The fourth-order valence-electron chi connectivity index (χ4n) is 8.13. The summed E-state index contributed by atoms with van der Waals surface area (Å²) in [5.74, 6) is 3.31. The average molecular weight is 544 g/mol. The summed E-state index contributed by atoms with van der Waals surface area (Å²) < 4.78 is 40.0. The molecule has 7 heteroatoms. The minimum absolute atomic E-state index is 0.143. The molecular formula is C22H34F3INOS-. The third-order valence-electron chi connectivity index (χ3n) is 9.61. The van der Waals surface area contributed by atoms with Gasteiger partial charge in [-0.1, -0.05) is 0 Å². The van der Waals surface area contributed by atoms with Crippen LogP contribution in [0.25, 0.3) is 0 Å².